The van der Waals surface area contributed by atoms with Crippen LogP contribution in [-0.2, 0) is 11.3 Å². The van der Waals surface area contributed by atoms with Crippen LogP contribution >= 0.6 is 24.2 Å². The van der Waals surface area contributed by atoms with Gasteiger partial charge in [0.15, 0.2) is 0 Å². The van der Waals surface area contributed by atoms with Gasteiger partial charge in [-0.15, -0.1) is 12.4 Å². The molecule has 1 fully saturated rings. The number of carbonyl (C=O) groups excluding carboxylic acids is 2. The van der Waals surface area contributed by atoms with Crippen LogP contribution in [0.2, 0.25) is 0 Å². The summed E-state index contributed by atoms with van der Waals surface area (Å²) in [6.07, 6.45) is 1.42. The van der Waals surface area contributed by atoms with Crippen LogP contribution in [-0.4, -0.2) is 42.5 Å². The molecule has 2 rings (SSSR count). The number of rotatable bonds is 7. The second-order valence-electron chi connectivity index (χ2n) is 5.66. The van der Waals surface area contributed by atoms with Gasteiger partial charge in [-0.3, -0.25) is 9.59 Å². The monoisotopic (exact) mass is 371 g/mol. The second-order valence-corrected chi connectivity index (χ2v) is 6.81. The van der Waals surface area contributed by atoms with Crippen LogP contribution in [0.15, 0.2) is 24.3 Å². The van der Waals surface area contributed by atoms with Crippen LogP contribution in [0.5, 0.6) is 0 Å². The van der Waals surface area contributed by atoms with Gasteiger partial charge in [0.05, 0.1) is 0 Å². The van der Waals surface area contributed by atoms with Gasteiger partial charge < -0.3 is 16.0 Å². The van der Waals surface area contributed by atoms with Crippen LogP contribution in [0, 0.1) is 0 Å². The van der Waals surface area contributed by atoms with Crippen molar-refractivity contribution in [2.75, 3.05) is 24.6 Å². The number of hydrogen-bond donors (Lipinski definition) is 3. The number of halogens is 1. The number of hydrogen-bond acceptors (Lipinski definition) is 4. The Morgan fingerprint density at radius 2 is 2.17 bits per heavy atom. The molecule has 0 radical (unpaired) electrons. The van der Waals surface area contributed by atoms with Crippen LogP contribution in [0.25, 0.3) is 0 Å². The van der Waals surface area contributed by atoms with Crippen LogP contribution < -0.4 is 16.0 Å². The molecule has 1 aromatic rings. The quantitative estimate of drug-likeness (QED) is 0.685. The van der Waals surface area contributed by atoms with Crippen LogP contribution in [0.4, 0.5) is 0 Å². The molecule has 1 aromatic carbocycles. The summed E-state index contributed by atoms with van der Waals surface area (Å²) in [6, 6.07) is 7.66. The van der Waals surface area contributed by atoms with Crippen molar-refractivity contribution in [2.45, 2.75) is 32.4 Å². The van der Waals surface area contributed by atoms with E-state index < -0.39 is 0 Å². The summed E-state index contributed by atoms with van der Waals surface area (Å²) in [6.45, 7) is 4.11. The van der Waals surface area contributed by atoms with E-state index in [1.165, 1.54) is 0 Å². The molecule has 1 aliphatic rings. The maximum atomic E-state index is 12.0. The van der Waals surface area contributed by atoms with Crippen molar-refractivity contribution in [1.29, 1.82) is 0 Å². The summed E-state index contributed by atoms with van der Waals surface area (Å²) in [5.74, 6) is 2.08. The molecule has 3 N–H and O–H groups in total. The minimum absolute atomic E-state index is 0. The normalized spacial score (nSPS) is 16.8. The highest BCUT2D eigenvalue weighted by Gasteiger charge is 2.16. The highest BCUT2D eigenvalue weighted by Crippen LogP contribution is 2.10. The third-order valence-electron chi connectivity index (χ3n) is 3.64. The molecule has 0 saturated carbocycles. The standard InChI is InChI=1S/C17H25N3O2S.ClH/c1-2-6-19-17(22)14-5-3-4-13(9-14)11-20-16(21)10-15-12-23-8-7-18-15;/h3-5,9,15,18H,2,6-8,10-12H2,1H3,(H,19,22)(H,20,21);1H. The van der Waals surface area contributed by atoms with Crippen molar-refractivity contribution in [3.8, 4) is 0 Å². The summed E-state index contributed by atoms with van der Waals surface area (Å²) >= 11 is 1.88. The van der Waals surface area contributed by atoms with E-state index in [-0.39, 0.29) is 30.3 Å². The van der Waals surface area contributed by atoms with Gasteiger partial charge in [-0.05, 0) is 24.1 Å². The van der Waals surface area contributed by atoms with Gasteiger partial charge in [0.2, 0.25) is 5.91 Å². The maximum Gasteiger partial charge on any atom is 0.251 e. The third-order valence-corrected chi connectivity index (χ3v) is 4.78. The summed E-state index contributed by atoms with van der Waals surface area (Å²) in [4.78, 5) is 24.0. The summed E-state index contributed by atoms with van der Waals surface area (Å²) in [5, 5.41) is 9.15. The van der Waals surface area contributed by atoms with E-state index in [0.717, 1.165) is 30.0 Å². The molecule has 1 unspecified atom stereocenters. The Kier molecular flexibility index (Phi) is 9.83. The summed E-state index contributed by atoms with van der Waals surface area (Å²) in [5.41, 5.74) is 1.57. The first kappa shape index (κ1) is 20.8. The first-order chi connectivity index (χ1) is 11.2. The van der Waals surface area contributed by atoms with E-state index in [4.69, 9.17) is 0 Å². The van der Waals surface area contributed by atoms with Crippen molar-refractivity contribution in [3.63, 3.8) is 0 Å². The molecule has 2 amide bonds. The highest BCUT2D eigenvalue weighted by atomic mass is 35.5. The molecule has 1 heterocycles. The zero-order valence-electron chi connectivity index (χ0n) is 14.0. The molecule has 0 bridgehead atoms. The molecular weight excluding hydrogens is 346 g/mol. The Labute approximate surface area is 154 Å². The average Bonchev–Trinajstić information content (AvgIpc) is 2.59. The van der Waals surface area contributed by atoms with E-state index >= 15 is 0 Å². The lowest BCUT2D eigenvalue weighted by molar-refractivity contribution is -0.121. The predicted octanol–water partition coefficient (Wildman–Crippen LogP) is 1.96. The number of amides is 2. The van der Waals surface area contributed by atoms with Gasteiger partial charge in [0, 0.05) is 49.2 Å². The molecule has 0 aliphatic carbocycles. The SMILES string of the molecule is CCCNC(=O)c1cccc(CNC(=O)CC2CSCCN2)c1.Cl. The minimum Gasteiger partial charge on any atom is -0.352 e. The fourth-order valence-electron chi connectivity index (χ4n) is 2.41. The zero-order valence-corrected chi connectivity index (χ0v) is 15.6. The van der Waals surface area contributed by atoms with E-state index in [1.807, 2.05) is 36.9 Å². The average molecular weight is 372 g/mol. The van der Waals surface area contributed by atoms with Crippen LogP contribution in [0.3, 0.4) is 0 Å². The largest absolute Gasteiger partial charge is 0.352 e. The third kappa shape index (κ3) is 7.11. The smallest absolute Gasteiger partial charge is 0.251 e. The molecule has 0 aromatic heterocycles. The van der Waals surface area contributed by atoms with Crippen molar-refractivity contribution in [1.82, 2.24) is 16.0 Å². The molecule has 0 spiro atoms. The molecule has 7 heteroatoms. The molecule has 1 atom stereocenters. The van der Waals surface area contributed by atoms with Gasteiger partial charge in [0.25, 0.3) is 5.91 Å². The molecule has 24 heavy (non-hydrogen) atoms. The Morgan fingerprint density at radius 1 is 1.33 bits per heavy atom. The molecule has 1 aliphatic heterocycles. The minimum atomic E-state index is -0.0662. The lowest BCUT2D eigenvalue weighted by Crippen LogP contribution is -2.41. The van der Waals surface area contributed by atoms with E-state index in [1.54, 1.807) is 6.07 Å². The Bertz CT molecular complexity index is 536. The molecule has 1 saturated heterocycles. The van der Waals surface area contributed by atoms with E-state index in [2.05, 4.69) is 16.0 Å². The predicted molar refractivity (Wildman–Crippen MR) is 102 cm³/mol. The fraction of sp³-hybridized carbons (Fsp3) is 0.529. The maximum absolute atomic E-state index is 12.0. The van der Waals surface area contributed by atoms with Crippen molar-refractivity contribution >= 4 is 36.0 Å². The Balaban J connectivity index is 0.00000288. The second kappa shape index (κ2) is 11.3. The molecular formula is C17H26ClN3O2S. The van der Waals surface area contributed by atoms with Gasteiger partial charge in [-0.2, -0.15) is 11.8 Å². The van der Waals surface area contributed by atoms with Gasteiger partial charge in [-0.1, -0.05) is 19.1 Å². The number of carbonyl (C=O) groups is 2. The van der Waals surface area contributed by atoms with Gasteiger partial charge >= 0.3 is 0 Å². The number of nitrogens with one attached hydrogen (secondary N) is 3. The highest BCUT2D eigenvalue weighted by molar-refractivity contribution is 7.99. The van der Waals surface area contributed by atoms with Crippen molar-refractivity contribution in [3.05, 3.63) is 35.4 Å². The van der Waals surface area contributed by atoms with Crippen molar-refractivity contribution < 1.29 is 9.59 Å². The lowest BCUT2D eigenvalue weighted by atomic mass is 10.1. The first-order valence-corrected chi connectivity index (χ1v) is 9.29. The topological polar surface area (TPSA) is 70.2 Å². The number of thioether (sulfide) groups is 1. The lowest BCUT2D eigenvalue weighted by Gasteiger charge is -2.22. The van der Waals surface area contributed by atoms with Crippen LogP contribution in [0.1, 0.15) is 35.7 Å². The molecule has 5 nitrogen and oxygen atoms in total. The van der Waals surface area contributed by atoms with E-state index in [0.29, 0.717) is 25.1 Å². The van der Waals surface area contributed by atoms with Crippen molar-refractivity contribution in [2.24, 2.45) is 0 Å². The first-order valence-electron chi connectivity index (χ1n) is 8.14. The Morgan fingerprint density at radius 3 is 2.88 bits per heavy atom. The van der Waals surface area contributed by atoms with Gasteiger partial charge in [-0.25, -0.2) is 0 Å². The zero-order chi connectivity index (χ0) is 16.5. The summed E-state index contributed by atoms with van der Waals surface area (Å²) < 4.78 is 0. The number of benzene rings is 1. The van der Waals surface area contributed by atoms with Gasteiger partial charge in [0.1, 0.15) is 0 Å². The molecule has 134 valence electrons. The van der Waals surface area contributed by atoms with E-state index in [9.17, 15) is 9.59 Å². The Hall–Kier alpha value is -1.24. The summed E-state index contributed by atoms with van der Waals surface area (Å²) in [7, 11) is 0. The fourth-order valence-corrected chi connectivity index (χ4v) is 3.36.